The van der Waals surface area contributed by atoms with Crippen LogP contribution in [0.15, 0.2) is 55.0 Å². The van der Waals surface area contributed by atoms with Crippen LogP contribution in [-0.2, 0) is 0 Å². The number of nitrogen functional groups attached to an aromatic ring is 1. The van der Waals surface area contributed by atoms with Crippen LogP contribution >= 0.6 is 0 Å². The first-order valence-electron chi connectivity index (χ1n) is 7.98. The summed E-state index contributed by atoms with van der Waals surface area (Å²) in [6.45, 7) is 0. The van der Waals surface area contributed by atoms with E-state index in [1.54, 1.807) is 31.0 Å². The molecule has 0 saturated heterocycles. The molecule has 0 saturated carbocycles. The number of methoxy groups -OCH3 is 2. The predicted octanol–water partition coefficient (Wildman–Crippen LogP) is 3.10. The second kappa shape index (κ2) is 6.03. The molecule has 0 aliphatic rings. The lowest BCUT2D eigenvalue weighted by Gasteiger charge is -2.11. The van der Waals surface area contributed by atoms with Crippen molar-refractivity contribution in [2.75, 3.05) is 20.0 Å². The Balaban J connectivity index is 1.87. The molecule has 1 aromatic carbocycles. The van der Waals surface area contributed by atoms with Gasteiger partial charge >= 0.3 is 0 Å². The Morgan fingerprint density at radius 2 is 1.77 bits per heavy atom. The first-order valence-corrected chi connectivity index (χ1v) is 7.98. The van der Waals surface area contributed by atoms with Crippen LogP contribution in [-0.4, -0.2) is 33.3 Å². The second-order valence-corrected chi connectivity index (χ2v) is 5.81. The molecule has 26 heavy (non-hydrogen) atoms. The van der Waals surface area contributed by atoms with Gasteiger partial charge in [-0.05, 0) is 12.1 Å². The van der Waals surface area contributed by atoms with Gasteiger partial charge in [0, 0.05) is 30.6 Å². The van der Waals surface area contributed by atoms with Crippen LogP contribution in [0.2, 0.25) is 0 Å². The number of rotatable bonds is 4. The minimum Gasteiger partial charge on any atom is -0.506 e. The number of benzene rings is 1. The van der Waals surface area contributed by atoms with Gasteiger partial charge in [0.2, 0.25) is 0 Å². The highest BCUT2D eigenvalue weighted by molar-refractivity contribution is 5.81. The van der Waals surface area contributed by atoms with E-state index in [9.17, 15) is 5.11 Å². The Bertz CT molecular complexity index is 1040. The largest absolute Gasteiger partial charge is 0.506 e. The maximum absolute atomic E-state index is 10.5. The summed E-state index contributed by atoms with van der Waals surface area (Å²) in [5, 5.41) is 10.5. The van der Waals surface area contributed by atoms with Crippen molar-refractivity contribution >= 4 is 11.5 Å². The summed E-state index contributed by atoms with van der Waals surface area (Å²) in [6, 6.07) is 11.1. The molecule has 7 nitrogen and oxygen atoms in total. The van der Waals surface area contributed by atoms with Crippen molar-refractivity contribution in [3.63, 3.8) is 0 Å². The topological polar surface area (TPSA) is 86.9 Å². The average molecular weight is 350 g/mol. The molecular weight excluding hydrogens is 332 g/mol. The van der Waals surface area contributed by atoms with E-state index < -0.39 is 0 Å². The third kappa shape index (κ3) is 2.50. The van der Waals surface area contributed by atoms with Gasteiger partial charge in [0.15, 0.2) is 0 Å². The monoisotopic (exact) mass is 350 g/mol. The summed E-state index contributed by atoms with van der Waals surface area (Å²) < 4.78 is 14.2. The first-order chi connectivity index (χ1) is 12.6. The van der Waals surface area contributed by atoms with Gasteiger partial charge in [0.05, 0.1) is 37.4 Å². The fourth-order valence-corrected chi connectivity index (χ4v) is 2.97. The molecule has 0 unspecified atom stereocenters. The molecule has 4 aromatic rings. The number of hydrogen-bond acceptors (Lipinski definition) is 5. The van der Waals surface area contributed by atoms with Gasteiger partial charge < -0.3 is 24.7 Å². The van der Waals surface area contributed by atoms with Gasteiger partial charge in [-0.2, -0.15) is 0 Å². The Kier molecular flexibility index (Phi) is 3.69. The standard InChI is InChI=1S/C19H18N4O3/c1-25-13-7-12(8-14(9-13)26-2)23-11-16(24)18(19(23)20)15-10-22-6-4-3-5-17(22)21-15/h3-11,24H,20H2,1-2H3. The van der Waals surface area contributed by atoms with Crippen LogP contribution in [0.25, 0.3) is 22.6 Å². The van der Waals surface area contributed by atoms with E-state index in [-0.39, 0.29) is 5.75 Å². The molecule has 132 valence electrons. The Labute approximate surface area is 149 Å². The smallest absolute Gasteiger partial charge is 0.145 e. The van der Waals surface area contributed by atoms with E-state index in [1.807, 2.05) is 47.1 Å². The minimum absolute atomic E-state index is 0.0488. The van der Waals surface area contributed by atoms with Gasteiger partial charge in [0.25, 0.3) is 0 Å². The lowest BCUT2D eigenvalue weighted by molar-refractivity contribution is 0.394. The molecule has 0 spiro atoms. The molecule has 3 N–H and O–H groups in total. The number of imidazole rings is 1. The Morgan fingerprint density at radius 3 is 2.42 bits per heavy atom. The van der Waals surface area contributed by atoms with E-state index in [0.717, 1.165) is 5.65 Å². The quantitative estimate of drug-likeness (QED) is 0.591. The Morgan fingerprint density at radius 1 is 1.04 bits per heavy atom. The van der Waals surface area contributed by atoms with Crippen LogP contribution in [0.1, 0.15) is 0 Å². The second-order valence-electron chi connectivity index (χ2n) is 5.81. The van der Waals surface area contributed by atoms with Gasteiger partial charge in [-0.15, -0.1) is 0 Å². The van der Waals surface area contributed by atoms with Gasteiger partial charge in [-0.25, -0.2) is 4.98 Å². The van der Waals surface area contributed by atoms with E-state index in [0.29, 0.717) is 34.3 Å². The molecule has 0 atom stereocenters. The number of nitrogens with two attached hydrogens (primary N) is 1. The molecule has 4 rings (SSSR count). The number of pyridine rings is 1. The maximum Gasteiger partial charge on any atom is 0.145 e. The van der Waals surface area contributed by atoms with Crippen LogP contribution in [0.5, 0.6) is 17.2 Å². The SMILES string of the molecule is COc1cc(OC)cc(-n2cc(O)c(-c3cn4ccccc4n3)c2N)c1. The lowest BCUT2D eigenvalue weighted by Crippen LogP contribution is -2.01. The zero-order chi connectivity index (χ0) is 18.3. The maximum atomic E-state index is 10.5. The number of nitrogens with zero attached hydrogens (tertiary/aromatic N) is 3. The molecular formula is C19H18N4O3. The molecule has 0 aliphatic carbocycles. The summed E-state index contributed by atoms with van der Waals surface area (Å²) >= 11 is 0. The fraction of sp³-hybridized carbons (Fsp3) is 0.105. The van der Waals surface area contributed by atoms with Crippen molar-refractivity contribution in [2.45, 2.75) is 0 Å². The summed E-state index contributed by atoms with van der Waals surface area (Å²) in [4.78, 5) is 4.54. The minimum atomic E-state index is 0.0488. The molecule has 0 amide bonds. The summed E-state index contributed by atoms with van der Waals surface area (Å²) in [5.41, 5.74) is 8.91. The van der Waals surface area contributed by atoms with Crippen molar-refractivity contribution in [2.24, 2.45) is 0 Å². The number of ether oxygens (including phenoxy) is 2. The van der Waals surface area contributed by atoms with Crippen molar-refractivity contribution < 1.29 is 14.6 Å². The first kappa shape index (κ1) is 15.9. The highest BCUT2D eigenvalue weighted by Gasteiger charge is 2.19. The van der Waals surface area contributed by atoms with Gasteiger partial charge in [-0.3, -0.25) is 4.57 Å². The normalized spacial score (nSPS) is 11.0. The third-order valence-electron chi connectivity index (χ3n) is 4.26. The van der Waals surface area contributed by atoms with E-state index in [2.05, 4.69) is 4.98 Å². The van der Waals surface area contributed by atoms with E-state index >= 15 is 0 Å². The zero-order valence-electron chi connectivity index (χ0n) is 14.4. The summed E-state index contributed by atoms with van der Waals surface area (Å²) in [5.74, 6) is 1.68. The number of aromatic hydroxyl groups is 1. The van der Waals surface area contributed by atoms with Gasteiger partial charge in [0.1, 0.15) is 28.7 Å². The van der Waals surface area contributed by atoms with Crippen LogP contribution in [0, 0.1) is 0 Å². The molecule has 0 aliphatic heterocycles. The molecule has 7 heteroatoms. The highest BCUT2D eigenvalue weighted by Crippen LogP contribution is 2.38. The van der Waals surface area contributed by atoms with Crippen LogP contribution < -0.4 is 15.2 Å². The van der Waals surface area contributed by atoms with Crippen molar-refractivity contribution in [3.05, 3.63) is 55.0 Å². The van der Waals surface area contributed by atoms with E-state index in [4.69, 9.17) is 15.2 Å². The number of aromatic nitrogens is 3. The van der Waals surface area contributed by atoms with Crippen LogP contribution in [0.4, 0.5) is 5.82 Å². The summed E-state index contributed by atoms with van der Waals surface area (Å²) in [6.07, 6.45) is 5.28. The van der Waals surface area contributed by atoms with Crippen molar-refractivity contribution in [1.29, 1.82) is 0 Å². The lowest BCUT2D eigenvalue weighted by atomic mass is 10.2. The molecule has 0 radical (unpaired) electrons. The summed E-state index contributed by atoms with van der Waals surface area (Å²) in [7, 11) is 3.16. The third-order valence-corrected chi connectivity index (χ3v) is 4.26. The Hall–Kier alpha value is -3.61. The number of hydrogen-bond donors (Lipinski definition) is 2. The predicted molar refractivity (Wildman–Crippen MR) is 99.1 cm³/mol. The fourth-order valence-electron chi connectivity index (χ4n) is 2.97. The number of anilines is 1. The zero-order valence-corrected chi connectivity index (χ0v) is 14.4. The molecule has 0 bridgehead atoms. The highest BCUT2D eigenvalue weighted by atomic mass is 16.5. The van der Waals surface area contributed by atoms with Gasteiger partial charge in [-0.1, -0.05) is 6.07 Å². The van der Waals surface area contributed by atoms with E-state index in [1.165, 1.54) is 0 Å². The van der Waals surface area contributed by atoms with Crippen LogP contribution in [0.3, 0.4) is 0 Å². The number of fused-ring (bicyclic) bond motifs is 1. The molecule has 3 aromatic heterocycles. The average Bonchev–Trinajstić information content (AvgIpc) is 3.21. The van der Waals surface area contributed by atoms with Crippen molar-refractivity contribution in [1.82, 2.24) is 14.0 Å². The molecule has 0 fully saturated rings. The van der Waals surface area contributed by atoms with Crippen molar-refractivity contribution in [3.8, 4) is 34.2 Å². The molecule has 3 heterocycles.